The van der Waals surface area contributed by atoms with E-state index in [0.29, 0.717) is 17.5 Å². The zero-order chi connectivity index (χ0) is 14.5. The Bertz CT molecular complexity index is 580. The highest BCUT2D eigenvalue weighted by Crippen LogP contribution is 2.23. The van der Waals surface area contributed by atoms with Crippen molar-refractivity contribution in [1.82, 2.24) is 15.3 Å². The largest absolute Gasteiger partial charge is 0.508 e. The van der Waals surface area contributed by atoms with Crippen molar-refractivity contribution in [2.75, 3.05) is 6.54 Å². The highest BCUT2D eigenvalue weighted by atomic mass is 16.5. The number of hydrogen-bond donors (Lipinski definition) is 2. The number of ether oxygens (including phenoxy) is 1. The molecule has 0 bridgehead atoms. The van der Waals surface area contributed by atoms with Gasteiger partial charge in [0.15, 0.2) is 5.75 Å². The van der Waals surface area contributed by atoms with Crippen LogP contribution in [0.5, 0.6) is 17.2 Å². The summed E-state index contributed by atoms with van der Waals surface area (Å²) in [6, 6.07) is 7.15. The molecule has 1 saturated heterocycles. The van der Waals surface area contributed by atoms with E-state index in [1.165, 1.54) is 19.3 Å². The molecule has 1 atom stereocenters. The third-order valence-electron chi connectivity index (χ3n) is 3.58. The Balaban J connectivity index is 1.61. The lowest BCUT2D eigenvalue weighted by molar-refractivity contribution is 0.393. The van der Waals surface area contributed by atoms with Crippen molar-refractivity contribution in [3.8, 4) is 17.2 Å². The molecule has 2 aromatic rings. The van der Waals surface area contributed by atoms with Crippen LogP contribution in [0.15, 0.2) is 36.7 Å². The van der Waals surface area contributed by atoms with Gasteiger partial charge in [0.1, 0.15) is 17.3 Å². The fourth-order valence-electron chi connectivity index (χ4n) is 2.50. The number of nitrogens with one attached hydrogen (secondary N) is 1. The van der Waals surface area contributed by atoms with Crippen LogP contribution in [0, 0.1) is 0 Å². The van der Waals surface area contributed by atoms with Crippen molar-refractivity contribution in [1.29, 1.82) is 0 Å². The van der Waals surface area contributed by atoms with Gasteiger partial charge >= 0.3 is 0 Å². The molecule has 0 radical (unpaired) electrons. The van der Waals surface area contributed by atoms with Gasteiger partial charge in [0.2, 0.25) is 0 Å². The summed E-state index contributed by atoms with van der Waals surface area (Å²) in [4.78, 5) is 8.71. The molecule has 0 aliphatic carbocycles. The molecule has 3 rings (SSSR count). The molecule has 1 aliphatic rings. The molecule has 1 fully saturated rings. The predicted molar refractivity (Wildman–Crippen MR) is 79.6 cm³/mol. The first-order valence-electron chi connectivity index (χ1n) is 7.31. The standard InChI is InChI=1S/C16H19N3O2/c20-13-5-3-6-14(9-13)21-15-10-18-16(19-11-15)8-12-4-1-2-7-17-12/h3,5-6,9-12,17,20H,1-2,4,7-8H2. The zero-order valence-electron chi connectivity index (χ0n) is 11.8. The van der Waals surface area contributed by atoms with Gasteiger partial charge < -0.3 is 15.2 Å². The highest BCUT2D eigenvalue weighted by molar-refractivity contribution is 5.34. The Hall–Kier alpha value is -2.14. The zero-order valence-corrected chi connectivity index (χ0v) is 11.8. The maximum Gasteiger partial charge on any atom is 0.164 e. The molecule has 1 aromatic heterocycles. The van der Waals surface area contributed by atoms with E-state index in [0.717, 1.165) is 18.8 Å². The van der Waals surface area contributed by atoms with Crippen LogP contribution in [0.3, 0.4) is 0 Å². The normalized spacial score (nSPS) is 18.4. The lowest BCUT2D eigenvalue weighted by atomic mass is 10.0. The average molecular weight is 285 g/mol. The molecule has 2 N–H and O–H groups in total. The van der Waals surface area contributed by atoms with E-state index < -0.39 is 0 Å². The van der Waals surface area contributed by atoms with Crippen LogP contribution in [-0.4, -0.2) is 27.7 Å². The number of aromatic nitrogens is 2. The Morgan fingerprint density at radius 1 is 1.19 bits per heavy atom. The summed E-state index contributed by atoms with van der Waals surface area (Å²) >= 11 is 0. The van der Waals surface area contributed by atoms with Gasteiger partial charge in [0.25, 0.3) is 0 Å². The van der Waals surface area contributed by atoms with Gasteiger partial charge in [-0.15, -0.1) is 0 Å². The van der Waals surface area contributed by atoms with Crippen LogP contribution >= 0.6 is 0 Å². The molecule has 1 unspecified atom stereocenters. The van der Waals surface area contributed by atoms with Gasteiger partial charge in [0.05, 0.1) is 12.4 Å². The van der Waals surface area contributed by atoms with E-state index in [9.17, 15) is 5.11 Å². The number of nitrogens with zero attached hydrogens (tertiary/aromatic N) is 2. The molecule has 0 amide bonds. The second-order valence-electron chi connectivity index (χ2n) is 5.29. The number of phenols is 1. The van der Waals surface area contributed by atoms with E-state index in [1.807, 2.05) is 0 Å². The minimum absolute atomic E-state index is 0.174. The van der Waals surface area contributed by atoms with Crippen LogP contribution in [0.4, 0.5) is 0 Å². The van der Waals surface area contributed by atoms with E-state index in [1.54, 1.807) is 36.7 Å². The summed E-state index contributed by atoms with van der Waals surface area (Å²) in [7, 11) is 0. The molecule has 110 valence electrons. The van der Waals surface area contributed by atoms with Gasteiger partial charge in [-0.05, 0) is 31.5 Å². The maximum atomic E-state index is 9.40. The number of benzene rings is 1. The van der Waals surface area contributed by atoms with Gasteiger partial charge in [0, 0.05) is 18.5 Å². The number of phenolic OH excluding ortho intramolecular Hbond substituents is 1. The van der Waals surface area contributed by atoms with Gasteiger partial charge in [-0.25, -0.2) is 9.97 Å². The summed E-state index contributed by atoms with van der Waals surface area (Å²) in [5.41, 5.74) is 0. The minimum atomic E-state index is 0.174. The summed E-state index contributed by atoms with van der Waals surface area (Å²) in [6.07, 6.45) is 7.92. The van der Waals surface area contributed by atoms with E-state index in [2.05, 4.69) is 15.3 Å². The number of hydrogen-bond acceptors (Lipinski definition) is 5. The smallest absolute Gasteiger partial charge is 0.164 e. The average Bonchev–Trinajstić information content (AvgIpc) is 2.50. The first-order chi connectivity index (χ1) is 10.3. The molecule has 0 saturated carbocycles. The summed E-state index contributed by atoms with van der Waals surface area (Å²) in [6.45, 7) is 1.09. The monoisotopic (exact) mass is 285 g/mol. The summed E-state index contributed by atoms with van der Waals surface area (Å²) in [5, 5.41) is 12.9. The first-order valence-corrected chi connectivity index (χ1v) is 7.31. The van der Waals surface area contributed by atoms with Crippen LogP contribution < -0.4 is 10.1 Å². The summed E-state index contributed by atoms with van der Waals surface area (Å²) < 4.78 is 5.60. The van der Waals surface area contributed by atoms with Gasteiger partial charge in [-0.3, -0.25) is 0 Å². The molecular formula is C16H19N3O2. The second kappa shape index (κ2) is 6.54. The molecule has 5 heteroatoms. The third-order valence-corrected chi connectivity index (χ3v) is 3.58. The maximum absolute atomic E-state index is 9.40. The van der Waals surface area contributed by atoms with Crippen LogP contribution in [0.25, 0.3) is 0 Å². The lowest BCUT2D eigenvalue weighted by Crippen LogP contribution is -2.36. The van der Waals surface area contributed by atoms with Crippen LogP contribution in [0.1, 0.15) is 25.1 Å². The van der Waals surface area contributed by atoms with Crippen molar-refractivity contribution in [2.24, 2.45) is 0 Å². The van der Waals surface area contributed by atoms with Gasteiger partial charge in [-0.1, -0.05) is 12.5 Å². The third kappa shape index (κ3) is 3.92. The second-order valence-corrected chi connectivity index (χ2v) is 5.29. The molecular weight excluding hydrogens is 266 g/mol. The molecule has 1 aromatic carbocycles. The van der Waals surface area contributed by atoms with Crippen molar-refractivity contribution >= 4 is 0 Å². The highest BCUT2D eigenvalue weighted by Gasteiger charge is 2.14. The Morgan fingerprint density at radius 3 is 2.76 bits per heavy atom. The molecule has 5 nitrogen and oxygen atoms in total. The van der Waals surface area contributed by atoms with Crippen molar-refractivity contribution in [3.63, 3.8) is 0 Å². The number of rotatable bonds is 4. The van der Waals surface area contributed by atoms with Crippen molar-refractivity contribution in [3.05, 3.63) is 42.5 Å². The topological polar surface area (TPSA) is 67.3 Å². The van der Waals surface area contributed by atoms with Crippen molar-refractivity contribution in [2.45, 2.75) is 31.7 Å². The summed E-state index contributed by atoms with van der Waals surface area (Å²) in [5.74, 6) is 2.15. The Morgan fingerprint density at radius 2 is 2.05 bits per heavy atom. The van der Waals surface area contributed by atoms with Crippen LogP contribution in [0.2, 0.25) is 0 Å². The van der Waals surface area contributed by atoms with E-state index in [4.69, 9.17) is 4.74 Å². The first kappa shape index (κ1) is 13.8. The number of aromatic hydroxyl groups is 1. The van der Waals surface area contributed by atoms with E-state index in [-0.39, 0.29) is 5.75 Å². The SMILES string of the molecule is Oc1cccc(Oc2cnc(CC3CCCCN3)nc2)c1. The molecule has 0 spiro atoms. The molecule has 1 aliphatic heterocycles. The minimum Gasteiger partial charge on any atom is -0.508 e. The fraction of sp³-hybridized carbons (Fsp3) is 0.375. The molecule has 2 heterocycles. The lowest BCUT2D eigenvalue weighted by Gasteiger charge is -2.22. The van der Waals surface area contributed by atoms with Crippen molar-refractivity contribution < 1.29 is 9.84 Å². The van der Waals surface area contributed by atoms with Gasteiger partial charge in [-0.2, -0.15) is 0 Å². The molecule has 21 heavy (non-hydrogen) atoms. The van der Waals surface area contributed by atoms with E-state index >= 15 is 0 Å². The predicted octanol–water partition coefficient (Wildman–Crippen LogP) is 2.66. The number of piperidine rings is 1. The Labute approximate surface area is 124 Å². The quantitative estimate of drug-likeness (QED) is 0.904. The Kier molecular flexibility index (Phi) is 4.31. The fourth-order valence-corrected chi connectivity index (χ4v) is 2.50. The van der Waals surface area contributed by atoms with Crippen LogP contribution in [-0.2, 0) is 6.42 Å².